The van der Waals surface area contributed by atoms with E-state index in [1.54, 1.807) is 6.07 Å². The Balaban J connectivity index is 1.75. The summed E-state index contributed by atoms with van der Waals surface area (Å²) in [5.41, 5.74) is 6.79. The number of ether oxygens (including phenoxy) is 1. The number of hydrogen-bond donors (Lipinski definition) is 2. The zero-order valence-corrected chi connectivity index (χ0v) is 18.5. The highest BCUT2D eigenvalue weighted by molar-refractivity contribution is 9.10. The first kappa shape index (κ1) is 22.2. The van der Waals surface area contributed by atoms with Crippen molar-refractivity contribution < 1.29 is 14.3 Å². The summed E-state index contributed by atoms with van der Waals surface area (Å²) in [4.78, 5) is 23.8. The molecule has 0 spiro atoms. The molecule has 0 bridgehead atoms. The Hall–Kier alpha value is -2.05. The van der Waals surface area contributed by atoms with Gasteiger partial charge >= 0.3 is 0 Å². The molecular formula is C21H24BrClN2O3. The van der Waals surface area contributed by atoms with Crippen LogP contribution in [-0.4, -0.2) is 18.4 Å². The highest BCUT2D eigenvalue weighted by Gasteiger charge is 2.16. The molecule has 0 saturated heterocycles. The van der Waals surface area contributed by atoms with Crippen molar-refractivity contribution in [2.45, 2.75) is 39.0 Å². The lowest BCUT2D eigenvalue weighted by atomic mass is 9.87. The summed E-state index contributed by atoms with van der Waals surface area (Å²) in [7, 11) is 0. The summed E-state index contributed by atoms with van der Waals surface area (Å²) in [6.07, 6.45) is 0.704. The minimum absolute atomic E-state index is 0.0205. The monoisotopic (exact) mass is 466 g/mol. The summed E-state index contributed by atoms with van der Waals surface area (Å²) in [5.74, 6) is -0.185. The molecule has 0 unspecified atom stereocenters. The predicted octanol–water partition coefficient (Wildman–Crippen LogP) is 4.56. The number of carbonyl (C=O) groups is 2. The molecule has 0 aliphatic carbocycles. The third-order valence-corrected chi connectivity index (χ3v) is 5.07. The molecule has 0 aliphatic rings. The van der Waals surface area contributed by atoms with Crippen molar-refractivity contribution in [3.63, 3.8) is 0 Å². The van der Waals surface area contributed by atoms with Crippen molar-refractivity contribution in [2.24, 2.45) is 0 Å². The van der Waals surface area contributed by atoms with E-state index in [2.05, 4.69) is 47.6 Å². The molecule has 2 rings (SSSR count). The number of rotatable bonds is 6. The largest absolute Gasteiger partial charge is 0.483 e. The molecule has 0 saturated carbocycles. The zero-order chi connectivity index (χ0) is 20.7. The quantitative estimate of drug-likeness (QED) is 0.612. The zero-order valence-electron chi connectivity index (χ0n) is 16.1. The Kier molecular flexibility index (Phi) is 7.89. The summed E-state index contributed by atoms with van der Waals surface area (Å²) in [5, 5.41) is 0.621. The standard InChI is InChI=1S/C21H24BrClN2O3/c1-21(2,3)15-9-10-18(16(22)12-15)28-13-20(27)25-24-19(26)11-8-14-6-4-5-7-17(14)23/h4-7,9-10,12H,8,11,13H2,1-3H3,(H,24,26)(H,25,27). The van der Waals surface area contributed by atoms with E-state index in [4.69, 9.17) is 16.3 Å². The van der Waals surface area contributed by atoms with Crippen LogP contribution >= 0.6 is 27.5 Å². The molecule has 2 amide bonds. The second-order valence-corrected chi connectivity index (χ2v) is 8.63. The van der Waals surface area contributed by atoms with Gasteiger partial charge in [-0.25, -0.2) is 0 Å². The maximum Gasteiger partial charge on any atom is 0.276 e. The van der Waals surface area contributed by atoms with Crippen LogP contribution in [0.25, 0.3) is 0 Å². The number of halogens is 2. The Morgan fingerprint density at radius 3 is 2.39 bits per heavy atom. The summed E-state index contributed by atoms with van der Waals surface area (Å²) < 4.78 is 6.29. The fraction of sp³-hybridized carbons (Fsp3) is 0.333. The van der Waals surface area contributed by atoms with Crippen molar-refractivity contribution in [1.29, 1.82) is 0 Å². The first-order valence-corrected chi connectivity index (χ1v) is 10.1. The molecular weight excluding hydrogens is 444 g/mol. The highest BCUT2D eigenvalue weighted by atomic mass is 79.9. The van der Waals surface area contributed by atoms with E-state index in [0.717, 1.165) is 15.6 Å². The lowest BCUT2D eigenvalue weighted by molar-refractivity contribution is -0.130. The van der Waals surface area contributed by atoms with Gasteiger partial charge in [0.2, 0.25) is 5.91 Å². The minimum Gasteiger partial charge on any atom is -0.483 e. The van der Waals surface area contributed by atoms with Gasteiger partial charge in [0.15, 0.2) is 6.61 Å². The Labute approximate surface area is 178 Å². The predicted molar refractivity (Wildman–Crippen MR) is 114 cm³/mol. The minimum atomic E-state index is -0.446. The number of nitrogens with one attached hydrogen (secondary N) is 2. The summed E-state index contributed by atoms with van der Waals surface area (Å²) >= 11 is 9.52. The first-order valence-electron chi connectivity index (χ1n) is 8.91. The maximum absolute atomic E-state index is 11.9. The molecule has 28 heavy (non-hydrogen) atoms. The molecule has 0 heterocycles. The van der Waals surface area contributed by atoms with E-state index in [0.29, 0.717) is 17.2 Å². The second kappa shape index (κ2) is 9.94. The van der Waals surface area contributed by atoms with Gasteiger partial charge in [-0.2, -0.15) is 0 Å². The fourth-order valence-corrected chi connectivity index (χ4v) is 3.14. The van der Waals surface area contributed by atoms with Crippen molar-refractivity contribution in [3.05, 3.63) is 63.1 Å². The van der Waals surface area contributed by atoms with Crippen molar-refractivity contribution >= 4 is 39.3 Å². The fourth-order valence-electron chi connectivity index (χ4n) is 2.42. The van der Waals surface area contributed by atoms with Crippen LogP contribution in [0.2, 0.25) is 5.02 Å². The van der Waals surface area contributed by atoms with Gasteiger partial charge in [0.05, 0.1) is 4.47 Å². The number of carbonyl (C=O) groups excluding carboxylic acids is 2. The van der Waals surface area contributed by atoms with E-state index in [1.807, 2.05) is 36.4 Å². The average molecular weight is 468 g/mol. The van der Waals surface area contributed by atoms with Crippen LogP contribution in [-0.2, 0) is 21.4 Å². The van der Waals surface area contributed by atoms with E-state index >= 15 is 0 Å². The van der Waals surface area contributed by atoms with Crippen molar-refractivity contribution in [1.82, 2.24) is 10.9 Å². The van der Waals surface area contributed by atoms with E-state index in [-0.39, 0.29) is 24.3 Å². The van der Waals surface area contributed by atoms with Crippen LogP contribution < -0.4 is 15.6 Å². The van der Waals surface area contributed by atoms with Gasteiger partial charge in [-0.3, -0.25) is 20.4 Å². The normalized spacial score (nSPS) is 11.0. The van der Waals surface area contributed by atoms with Gasteiger partial charge < -0.3 is 4.74 Å². The Bertz CT molecular complexity index is 850. The van der Waals surface area contributed by atoms with Crippen LogP contribution in [0.15, 0.2) is 46.9 Å². The molecule has 2 aromatic rings. The summed E-state index contributed by atoms with van der Waals surface area (Å²) in [6, 6.07) is 13.1. The molecule has 0 aliphatic heterocycles. The van der Waals surface area contributed by atoms with Crippen LogP contribution in [0.1, 0.15) is 38.3 Å². The van der Waals surface area contributed by atoms with E-state index < -0.39 is 5.91 Å². The molecule has 0 fully saturated rings. The molecule has 7 heteroatoms. The van der Waals surface area contributed by atoms with Gasteiger partial charge in [-0.15, -0.1) is 0 Å². The van der Waals surface area contributed by atoms with Crippen molar-refractivity contribution in [3.8, 4) is 5.75 Å². The highest BCUT2D eigenvalue weighted by Crippen LogP contribution is 2.31. The van der Waals surface area contributed by atoms with E-state index in [1.165, 1.54) is 0 Å². The molecule has 2 aromatic carbocycles. The second-order valence-electron chi connectivity index (χ2n) is 7.37. The van der Waals surface area contributed by atoms with Gasteiger partial charge in [0.1, 0.15) is 5.75 Å². The molecule has 0 aromatic heterocycles. The number of aryl methyl sites for hydroxylation is 1. The number of hydrogen-bond acceptors (Lipinski definition) is 3. The lowest BCUT2D eigenvalue weighted by Gasteiger charge is -2.20. The van der Waals surface area contributed by atoms with E-state index in [9.17, 15) is 9.59 Å². The Morgan fingerprint density at radius 1 is 1.07 bits per heavy atom. The third-order valence-electron chi connectivity index (χ3n) is 4.08. The SMILES string of the molecule is CC(C)(C)c1ccc(OCC(=O)NNC(=O)CCc2ccccc2Cl)c(Br)c1. The van der Waals surface area contributed by atoms with Crippen LogP contribution in [0.3, 0.4) is 0 Å². The summed E-state index contributed by atoms with van der Waals surface area (Å²) in [6.45, 7) is 6.16. The lowest BCUT2D eigenvalue weighted by Crippen LogP contribution is -2.43. The van der Waals surface area contributed by atoms with Crippen LogP contribution in [0.5, 0.6) is 5.75 Å². The molecule has 150 valence electrons. The van der Waals surface area contributed by atoms with Gasteiger partial charge in [0, 0.05) is 11.4 Å². The molecule has 0 radical (unpaired) electrons. The number of benzene rings is 2. The third kappa shape index (κ3) is 6.84. The topological polar surface area (TPSA) is 67.4 Å². The number of hydrazine groups is 1. The smallest absolute Gasteiger partial charge is 0.276 e. The Morgan fingerprint density at radius 2 is 1.75 bits per heavy atom. The van der Waals surface area contributed by atoms with Gasteiger partial charge in [-0.1, -0.05) is 56.6 Å². The first-order chi connectivity index (χ1) is 13.2. The molecule has 5 nitrogen and oxygen atoms in total. The number of amides is 2. The van der Waals surface area contributed by atoms with Crippen LogP contribution in [0.4, 0.5) is 0 Å². The van der Waals surface area contributed by atoms with Crippen molar-refractivity contribution in [2.75, 3.05) is 6.61 Å². The van der Waals surface area contributed by atoms with Crippen LogP contribution in [0, 0.1) is 0 Å². The molecule has 2 N–H and O–H groups in total. The molecule has 0 atom stereocenters. The average Bonchev–Trinajstić information content (AvgIpc) is 2.64. The van der Waals surface area contributed by atoms with Gasteiger partial charge in [-0.05, 0) is 57.1 Å². The maximum atomic E-state index is 11.9. The van der Waals surface area contributed by atoms with Gasteiger partial charge in [0.25, 0.3) is 5.91 Å².